The maximum absolute atomic E-state index is 13.6. The van der Waals surface area contributed by atoms with Crippen molar-refractivity contribution in [3.8, 4) is 0 Å². The molecule has 2 rings (SSSR count). The number of thioether (sulfide) groups is 1. The molecule has 0 bridgehead atoms. The van der Waals surface area contributed by atoms with Crippen molar-refractivity contribution in [1.82, 2.24) is 4.90 Å². The van der Waals surface area contributed by atoms with E-state index in [4.69, 9.17) is 5.73 Å². The number of rotatable bonds is 4. The number of anilines is 2. The van der Waals surface area contributed by atoms with Crippen molar-refractivity contribution >= 4 is 29.0 Å². The molecule has 1 heterocycles. The standard InChI is InChI=1S/C15H22FN3OS/c1-10-11(2)21-8-7-19(10)6-5-15(20)18-14-9-12(17)3-4-13(14)16/h3-4,9-11H,5-8,17H2,1-2H3,(H,18,20). The molecule has 116 valence electrons. The molecule has 1 saturated heterocycles. The lowest BCUT2D eigenvalue weighted by Gasteiger charge is -2.37. The zero-order valence-corrected chi connectivity index (χ0v) is 13.3. The molecule has 21 heavy (non-hydrogen) atoms. The molecule has 0 aromatic heterocycles. The summed E-state index contributed by atoms with van der Waals surface area (Å²) in [6, 6.07) is 4.63. The Morgan fingerprint density at radius 1 is 1.52 bits per heavy atom. The van der Waals surface area contributed by atoms with Crippen LogP contribution in [0, 0.1) is 5.82 Å². The Morgan fingerprint density at radius 3 is 3.05 bits per heavy atom. The monoisotopic (exact) mass is 311 g/mol. The van der Waals surface area contributed by atoms with E-state index in [2.05, 4.69) is 24.1 Å². The summed E-state index contributed by atoms with van der Waals surface area (Å²) in [6.07, 6.45) is 0.357. The number of nitrogens with zero attached hydrogens (tertiary/aromatic N) is 1. The molecule has 0 radical (unpaired) electrons. The van der Waals surface area contributed by atoms with Gasteiger partial charge < -0.3 is 11.1 Å². The summed E-state index contributed by atoms with van der Waals surface area (Å²) >= 11 is 1.96. The van der Waals surface area contributed by atoms with Crippen LogP contribution in [0.3, 0.4) is 0 Å². The molecule has 4 nitrogen and oxygen atoms in total. The van der Waals surface area contributed by atoms with Crippen LogP contribution < -0.4 is 11.1 Å². The number of hydrogen-bond acceptors (Lipinski definition) is 4. The molecule has 1 amide bonds. The van der Waals surface area contributed by atoms with Crippen molar-refractivity contribution in [3.63, 3.8) is 0 Å². The third-order valence-electron chi connectivity index (χ3n) is 3.91. The fourth-order valence-corrected chi connectivity index (χ4v) is 3.57. The van der Waals surface area contributed by atoms with Crippen molar-refractivity contribution in [2.24, 2.45) is 0 Å². The van der Waals surface area contributed by atoms with E-state index in [0.29, 0.717) is 29.9 Å². The van der Waals surface area contributed by atoms with E-state index >= 15 is 0 Å². The summed E-state index contributed by atoms with van der Waals surface area (Å²) in [6.45, 7) is 6.09. The molecule has 1 fully saturated rings. The van der Waals surface area contributed by atoms with E-state index < -0.39 is 5.82 Å². The number of benzene rings is 1. The van der Waals surface area contributed by atoms with Crippen LogP contribution in [0.1, 0.15) is 20.3 Å². The highest BCUT2D eigenvalue weighted by atomic mass is 32.2. The van der Waals surface area contributed by atoms with Crippen LogP contribution in [0.2, 0.25) is 0 Å². The van der Waals surface area contributed by atoms with Gasteiger partial charge in [-0.3, -0.25) is 9.69 Å². The number of hydrogen-bond donors (Lipinski definition) is 2. The lowest BCUT2D eigenvalue weighted by atomic mass is 10.2. The molecule has 2 atom stereocenters. The Kier molecular flexibility index (Phi) is 5.47. The Labute approximate surface area is 129 Å². The molecule has 1 aliphatic heterocycles. The minimum Gasteiger partial charge on any atom is -0.399 e. The predicted octanol–water partition coefficient (Wildman–Crippen LogP) is 2.56. The summed E-state index contributed by atoms with van der Waals surface area (Å²) in [5.74, 6) is 0.447. The van der Waals surface area contributed by atoms with Crippen LogP contribution in [-0.4, -0.2) is 40.9 Å². The van der Waals surface area contributed by atoms with Gasteiger partial charge in [-0.05, 0) is 25.1 Å². The number of nitrogen functional groups attached to an aromatic ring is 1. The van der Waals surface area contributed by atoms with Gasteiger partial charge in [0.15, 0.2) is 0 Å². The number of nitrogens with one attached hydrogen (secondary N) is 1. The molecule has 6 heteroatoms. The quantitative estimate of drug-likeness (QED) is 0.839. The molecule has 1 aromatic carbocycles. The topological polar surface area (TPSA) is 58.4 Å². The van der Waals surface area contributed by atoms with Gasteiger partial charge in [-0.2, -0.15) is 11.8 Å². The van der Waals surface area contributed by atoms with Crippen molar-refractivity contribution in [2.45, 2.75) is 31.6 Å². The van der Waals surface area contributed by atoms with Crippen LogP contribution in [0.5, 0.6) is 0 Å². The largest absolute Gasteiger partial charge is 0.399 e. The fraction of sp³-hybridized carbons (Fsp3) is 0.533. The van der Waals surface area contributed by atoms with Gasteiger partial charge in [-0.1, -0.05) is 6.92 Å². The second kappa shape index (κ2) is 7.13. The number of carbonyl (C=O) groups is 1. The first kappa shape index (κ1) is 16.1. The second-order valence-corrected chi connectivity index (χ2v) is 6.88. The molecule has 0 aliphatic carbocycles. The molecule has 0 saturated carbocycles. The van der Waals surface area contributed by atoms with Crippen LogP contribution in [-0.2, 0) is 4.79 Å². The van der Waals surface area contributed by atoms with Gasteiger partial charge in [-0.25, -0.2) is 4.39 Å². The summed E-state index contributed by atoms with van der Waals surface area (Å²) in [5, 5.41) is 3.17. The smallest absolute Gasteiger partial charge is 0.225 e. The molecule has 1 aromatic rings. The second-order valence-electron chi connectivity index (χ2n) is 5.39. The van der Waals surface area contributed by atoms with Gasteiger partial charge in [0, 0.05) is 42.2 Å². The van der Waals surface area contributed by atoms with Gasteiger partial charge in [-0.15, -0.1) is 0 Å². The van der Waals surface area contributed by atoms with Crippen molar-refractivity contribution in [2.75, 3.05) is 29.9 Å². The Balaban J connectivity index is 1.86. The lowest BCUT2D eigenvalue weighted by molar-refractivity contribution is -0.116. The molecular formula is C15H22FN3OS. The van der Waals surface area contributed by atoms with Crippen molar-refractivity contribution in [1.29, 1.82) is 0 Å². The maximum Gasteiger partial charge on any atom is 0.225 e. The predicted molar refractivity (Wildman–Crippen MR) is 87.0 cm³/mol. The van der Waals surface area contributed by atoms with E-state index in [0.717, 1.165) is 12.3 Å². The van der Waals surface area contributed by atoms with Crippen molar-refractivity contribution in [3.05, 3.63) is 24.0 Å². The number of amides is 1. The zero-order chi connectivity index (χ0) is 15.4. The number of carbonyl (C=O) groups excluding carboxylic acids is 1. The Bertz CT molecular complexity index is 512. The Hall–Kier alpha value is -1.27. The first-order chi connectivity index (χ1) is 9.97. The van der Waals surface area contributed by atoms with Crippen LogP contribution in [0.15, 0.2) is 18.2 Å². The third kappa shape index (κ3) is 4.35. The average molecular weight is 311 g/mol. The SMILES string of the molecule is CC1SCCN(CCC(=O)Nc2cc(N)ccc2F)C1C. The first-order valence-corrected chi connectivity index (χ1v) is 8.23. The average Bonchev–Trinajstić information content (AvgIpc) is 2.44. The molecule has 0 spiro atoms. The van der Waals surface area contributed by atoms with Gasteiger partial charge in [0.25, 0.3) is 0 Å². The Morgan fingerprint density at radius 2 is 2.29 bits per heavy atom. The van der Waals surface area contributed by atoms with Crippen LogP contribution >= 0.6 is 11.8 Å². The highest BCUT2D eigenvalue weighted by molar-refractivity contribution is 8.00. The molecule has 1 aliphatic rings. The van der Waals surface area contributed by atoms with E-state index in [1.54, 1.807) is 0 Å². The van der Waals surface area contributed by atoms with Gasteiger partial charge in [0.1, 0.15) is 5.82 Å². The van der Waals surface area contributed by atoms with Gasteiger partial charge >= 0.3 is 0 Å². The highest BCUT2D eigenvalue weighted by Gasteiger charge is 2.25. The fourth-order valence-electron chi connectivity index (χ4n) is 2.41. The normalized spacial score (nSPS) is 23.0. The van der Waals surface area contributed by atoms with E-state index in [-0.39, 0.29) is 11.6 Å². The highest BCUT2D eigenvalue weighted by Crippen LogP contribution is 2.24. The third-order valence-corrected chi connectivity index (χ3v) is 5.24. The van der Waals surface area contributed by atoms with E-state index in [1.165, 1.54) is 18.2 Å². The summed E-state index contributed by atoms with van der Waals surface area (Å²) in [5.41, 5.74) is 6.18. The molecule has 2 unspecified atom stereocenters. The van der Waals surface area contributed by atoms with E-state index in [1.807, 2.05) is 11.8 Å². The minimum atomic E-state index is -0.464. The van der Waals surface area contributed by atoms with Crippen LogP contribution in [0.4, 0.5) is 15.8 Å². The van der Waals surface area contributed by atoms with Gasteiger partial charge in [0.2, 0.25) is 5.91 Å². The molecular weight excluding hydrogens is 289 g/mol. The summed E-state index contributed by atoms with van der Waals surface area (Å²) < 4.78 is 13.6. The summed E-state index contributed by atoms with van der Waals surface area (Å²) in [7, 11) is 0. The first-order valence-electron chi connectivity index (χ1n) is 7.18. The lowest BCUT2D eigenvalue weighted by Crippen LogP contribution is -2.45. The van der Waals surface area contributed by atoms with Crippen LogP contribution in [0.25, 0.3) is 0 Å². The minimum absolute atomic E-state index is 0.149. The zero-order valence-electron chi connectivity index (χ0n) is 12.4. The number of halogens is 1. The van der Waals surface area contributed by atoms with E-state index in [9.17, 15) is 9.18 Å². The van der Waals surface area contributed by atoms with Crippen molar-refractivity contribution < 1.29 is 9.18 Å². The van der Waals surface area contributed by atoms with Gasteiger partial charge in [0.05, 0.1) is 5.69 Å². The molecule has 3 N–H and O–H groups in total. The maximum atomic E-state index is 13.6. The summed E-state index contributed by atoms with van der Waals surface area (Å²) in [4.78, 5) is 14.3. The number of nitrogens with two attached hydrogens (primary N) is 1.